The topological polar surface area (TPSA) is 66.4 Å². The molecule has 0 unspecified atom stereocenters. The number of sulfonamides is 1. The summed E-state index contributed by atoms with van der Waals surface area (Å²) in [5.74, 6) is -0.675. The smallest absolute Gasteiger partial charge is 0.263 e. The first kappa shape index (κ1) is 14.6. The van der Waals surface area contributed by atoms with E-state index in [0.717, 1.165) is 12.1 Å². The lowest BCUT2D eigenvalue weighted by Crippen LogP contribution is -2.14. The Balaban J connectivity index is 2.43. The molecule has 2 aromatic rings. The predicted octanol–water partition coefficient (Wildman–Crippen LogP) is 3.29. The number of anilines is 1. The van der Waals surface area contributed by atoms with E-state index in [2.05, 4.69) is 4.72 Å². The Hall–Kier alpha value is -1.79. The van der Waals surface area contributed by atoms with Gasteiger partial charge in [-0.3, -0.25) is 4.72 Å². The first-order valence-corrected chi connectivity index (χ1v) is 7.43. The fraction of sp³-hybridized carbons (Fsp3) is 0.0769. The zero-order valence-corrected chi connectivity index (χ0v) is 12.0. The van der Waals surface area contributed by atoms with Crippen LogP contribution in [0.15, 0.2) is 41.3 Å². The van der Waals surface area contributed by atoms with Crippen LogP contribution in [0.4, 0.5) is 10.1 Å². The molecule has 0 aliphatic heterocycles. The van der Waals surface area contributed by atoms with Gasteiger partial charge in [0, 0.05) is 0 Å². The first-order chi connectivity index (χ1) is 9.29. The maximum Gasteiger partial charge on any atom is 0.263 e. The van der Waals surface area contributed by atoms with E-state index < -0.39 is 15.8 Å². The van der Waals surface area contributed by atoms with Gasteiger partial charge in [0.2, 0.25) is 0 Å². The molecule has 20 heavy (non-hydrogen) atoms. The van der Waals surface area contributed by atoms with Crippen LogP contribution < -0.4 is 4.72 Å². The van der Waals surface area contributed by atoms with E-state index in [-0.39, 0.29) is 21.4 Å². The molecule has 2 aromatic carbocycles. The number of phenolic OH excluding ortho intramolecular Hbond substituents is 1. The van der Waals surface area contributed by atoms with Gasteiger partial charge in [0.1, 0.15) is 16.5 Å². The zero-order valence-electron chi connectivity index (χ0n) is 10.4. The van der Waals surface area contributed by atoms with Gasteiger partial charge in [-0.25, -0.2) is 12.8 Å². The highest BCUT2D eigenvalue weighted by Crippen LogP contribution is 2.27. The van der Waals surface area contributed by atoms with Crippen LogP contribution in [0.25, 0.3) is 0 Å². The Bertz CT molecular complexity index is 762. The molecule has 0 saturated heterocycles. The average molecular weight is 316 g/mol. The maximum absolute atomic E-state index is 13.2. The molecule has 0 bridgehead atoms. The van der Waals surface area contributed by atoms with Gasteiger partial charge in [0.05, 0.1) is 10.7 Å². The fourth-order valence-electron chi connectivity index (χ4n) is 1.65. The van der Waals surface area contributed by atoms with Gasteiger partial charge in [-0.05, 0) is 48.9 Å². The molecule has 0 amide bonds. The summed E-state index contributed by atoms with van der Waals surface area (Å²) in [7, 11) is -4.01. The summed E-state index contributed by atoms with van der Waals surface area (Å²) < 4.78 is 39.8. The molecule has 0 heterocycles. The van der Waals surface area contributed by atoms with Crippen molar-refractivity contribution in [1.82, 2.24) is 0 Å². The van der Waals surface area contributed by atoms with E-state index in [1.807, 2.05) is 0 Å². The number of phenols is 1. The lowest BCUT2D eigenvalue weighted by atomic mass is 10.2. The molecule has 0 radical (unpaired) electrons. The number of hydrogen-bond donors (Lipinski definition) is 2. The third kappa shape index (κ3) is 3.02. The van der Waals surface area contributed by atoms with Crippen molar-refractivity contribution in [2.24, 2.45) is 0 Å². The van der Waals surface area contributed by atoms with E-state index >= 15 is 0 Å². The van der Waals surface area contributed by atoms with E-state index in [4.69, 9.17) is 11.6 Å². The molecule has 2 N–H and O–H groups in total. The third-order valence-electron chi connectivity index (χ3n) is 2.64. The van der Waals surface area contributed by atoms with Crippen molar-refractivity contribution in [1.29, 1.82) is 0 Å². The number of halogens is 2. The first-order valence-electron chi connectivity index (χ1n) is 5.57. The molecule has 7 heteroatoms. The third-order valence-corrected chi connectivity index (χ3v) is 4.48. The molecule has 106 valence electrons. The van der Waals surface area contributed by atoms with E-state index in [0.29, 0.717) is 5.56 Å². The molecule has 0 atom stereocenters. The van der Waals surface area contributed by atoms with Gasteiger partial charge in [0.15, 0.2) is 0 Å². The molecule has 2 rings (SSSR count). The number of rotatable bonds is 3. The summed E-state index contributed by atoms with van der Waals surface area (Å²) in [5.41, 5.74) is 0.809. The summed E-state index contributed by atoms with van der Waals surface area (Å²) >= 11 is 5.79. The number of aryl methyl sites for hydroxylation is 1. The van der Waals surface area contributed by atoms with Gasteiger partial charge in [-0.2, -0.15) is 0 Å². The van der Waals surface area contributed by atoms with Crippen LogP contribution in [0.2, 0.25) is 5.02 Å². The predicted molar refractivity (Wildman–Crippen MR) is 75.1 cm³/mol. The Morgan fingerprint density at radius 1 is 1.20 bits per heavy atom. The molecule has 0 spiro atoms. The lowest BCUT2D eigenvalue weighted by Gasteiger charge is -2.12. The highest BCUT2D eigenvalue weighted by atomic mass is 35.5. The van der Waals surface area contributed by atoms with Crippen LogP contribution >= 0.6 is 11.6 Å². The summed E-state index contributed by atoms with van der Waals surface area (Å²) in [6.07, 6.45) is 0. The average Bonchev–Trinajstić information content (AvgIpc) is 2.35. The molecule has 0 saturated carbocycles. The Kier molecular flexibility index (Phi) is 3.87. The number of nitrogens with one attached hydrogen (secondary N) is 1. The van der Waals surface area contributed by atoms with Crippen molar-refractivity contribution in [3.63, 3.8) is 0 Å². The molecular formula is C13H11ClFNO3S. The maximum atomic E-state index is 13.2. The Labute approximate surface area is 120 Å². The molecular weight excluding hydrogens is 305 g/mol. The second kappa shape index (κ2) is 5.30. The normalized spacial score (nSPS) is 11.3. The minimum Gasteiger partial charge on any atom is -0.508 e. The van der Waals surface area contributed by atoms with E-state index in [1.165, 1.54) is 24.3 Å². The minimum atomic E-state index is -4.01. The second-order valence-electron chi connectivity index (χ2n) is 4.18. The molecule has 0 aromatic heterocycles. The summed E-state index contributed by atoms with van der Waals surface area (Å²) in [6.45, 7) is 1.63. The zero-order chi connectivity index (χ0) is 14.9. The van der Waals surface area contributed by atoms with Crippen molar-refractivity contribution in [2.45, 2.75) is 11.8 Å². The van der Waals surface area contributed by atoms with Crippen LogP contribution in [-0.4, -0.2) is 13.5 Å². The summed E-state index contributed by atoms with van der Waals surface area (Å²) in [5, 5.41) is 9.21. The highest BCUT2D eigenvalue weighted by Gasteiger charge is 2.19. The van der Waals surface area contributed by atoms with Gasteiger partial charge in [0.25, 0.3) is 10.0 Å². The molecule has 0 fully saturated rings. The Morgan fingerprint density at radius 2 is 1.90 bits per heavy atom. The number of benzene rings is 2. The van der Waals surface area contributed by atoms with Crippen LogP contribution in [-0.2, 0) is 10.0 Å². The number of aromatic hydroxyl groups is 1. The number of hydrogen-bond acceptors (Lipinski definition) is 3. The standard InChI is InChI=1S/C13H11ClFNO3S/c1-8-6-10(17)3-5-12(8)16-20(18,19)13-7-9(15)2-4-11(13)14/h2-7,16-17H,1H3. The lowest BCUT2D eigenvalue weighted by molar-refractivity contribution is 0.475. The van der Waals surface area contributed by atoms with E-state index in [9.17, 15) is 17.9 Å². The van der Waals surface area contributed by atoms with Gasteiger partial charge >= 0.3 is 0 Å². The molecule has 0 aliphatic rings. The van der Waals surface area contributed by atoms with Crippen LogP contribution in [0, 0.1) is 12.7 Å². The second-order valence-corrected chi connectivity index (χ2v) is 6.24. The van der Waals surface area contributed by atoms with Gasteiger partial charge < -0.3 is 5.11 Å². The van der Waals surface area contributed by atoms with Crippen molar-refractivity contribution in [3.05, 3.63) is 52.8 Å². The van der Waals surface area contributed by atoms with Crippen molar-refractivity contribution < 1.29 is 17.9 Å². The van der Waals surface area contributed by atoms with E-state index in [1.54, 1.807) is 6.92 Å². The fourth-order valence-corrected chi connectivity index (χ4v) is 3.29. The van der Waals surface area contributed by atoms with Crippen molar-refractivity contribution >= 4 is 27.3 Å². The summed E-state index contributed by atoms with van der Waals surface area (Å²) in [4.78, 5) is -0.341. The van der Waals surface area contributed by atoms with Crippen LogP contribution in [0.3, 0.4) is 0 Å². The monoisotopic (exact) mass is 315 g/mol. The summed E-state index contributed by atoms with van der Waals surface area (Å²) in [6, 6.07) is 7.27. The van der Waals surface area contributed by atoms with Crippen molar-refractivity contribution in [2.75, 3.05) is 4.72 Å². The molecule has 4 nitrogen and oxygen atoms in total. The van der Waals surface area contributed by atoms with Gasteiger partial charge in [-0.15, -0.1) is 0 Å². The Morgan fingerprint density at radius 3 is 2.55 bits per heavy atom. The highest BCUT2D eigenvalue weighted by molar-refractivity contribution is 7.92. The van der Waals surface area contributed by atoms with Crippen LogP contribution in [0.1, 0.15) is 5.56 Å². The SMILES string of the molecule is Cc1cc(O)ccc1NS(=O)(=O)c1cc(F)ccc1Cl. The quantitative estimate of drug-likeness (QED) is 0.854. The van der Waals surface area contributed by atoms with Gasteiger partial charge in [-0.1, -0.05) is 11.6 Å². The largest absolute Gasteiger partial charge is 0.508 e. The van der Waals surface area contributed by atoms with Crippen molar-refractivity contribution in [3.8, 4) is 5.75 Å². The minimum absolute atomic E-state index is 0.0224. The van der Waals surface area contributed by atoms with Crippen LogP contribution in [0.5, 0.6) is 5.75 Å². The molecule has 0 aliphatic carbocycles.